The van der Waals surface area contributed by atoms with Crippen LogP contribution in [0.5, 0.6) is 0 Å². The molecule has 16 heavy (non-hydrogen) atoms. The van der Waals surface area contributed by atoms with E-state index in [0.29, 0.717) is 5.56 Å². The Morgan fingerprint density at radius 3 is 2.25 bits per heavy atom. The van der Waals surface area contributed by atoms with Gasteiger partial charge in [-0.2, -0.15) is 0 Å². The summed E-state index contributed by atoms with van der Waals surface area (Å²) in [7, 11) is 0. The summed E-state index contributed by atoms with van der Waals surface area (Å²) in [5, 5.41) is 1.69. The Morgan fingerprint density at radius 1 is 1.06 bits per heavy atom. The van der Waals surface area contributed by atoms with Crippen molar-refractivity contribution in [3.63, 3.8) is 0 Å². The topological polar surface area (TPSA) is 42.9 Å². The number of hydrogen-bond acceptors (Lipinski definition) is 4. The van der Waals surface area contributed by atoms with Gasteiger partial charge in [-0.25, -0.2) is 9.97 Å². The third-order valence-electron chi connectivity index (χ3n) is 1.80. The zero-order valence-corrected chi connectivity index (χ0v) is 10.5. The number of hydrogen-bond donors (Lipinski definition) is 0. The largest absolute Gasteiger partial charge is 0.298 e. The molecule has 0 atom stereocenters. The maximum Gasteiger partial charge on any atom is 0.151 e. The van der Waals surface area contributed by atoms with Gasteiger partial charge in [0.05, 0.1) is 0 Å². The zero-order valence-electron chi connectivity index (χ0n) is 8.13. The van der Waals surface area contributed by atoms with Crippen molar-refractivity contribution in [1.82, 2.24) is 9.97 Å². The minimum absolute atomic E-state index is 0.577. The second kappa shape index (κ2) is 5.23. The SMILES string of the molecule is O=Cc1ccc(Sc2ccc(Br)cn2)nc1. The lowest BCUT2D eigenvalue weighted by molar-refractivity contribution is 0.112. The molecule has 2 rings (SSSR count). The third kappa shape index (κ3) is 2.90. The number of nitrogens with zero attached hydrogens (tertiary/aromatic N) is 2. The first-order valence-corrected chi connectivity index (χ1v) is 6.09. The molecule has 0 N–H and O–H groups in total. The fourth-order valence-electron chi connectivity index (χ4n) is 1.05. The Kier molecular flexibility index (Phi) is 3.69. The van der Waals surface area contributed by atoms with Gasteiger partial charge in [0.2, 0.25) is 0 Å². The van der Waals surface area contributed by atoms with Crippen LogP contribution >= 0.6 is 27.7 Å². The van der Waals surface area contributed by atoms with Crippen LogP contribution < -0.4 is 0 Å². The lowest BCUT2D eigenvalue weighted by Gasteiger charge is -1.99. The minimum Gasteiger partial charge on any atom is -0.298 e. The Balaban J connectivity index is 2.14. The van der Waals surface area contributed by atoms with E-state index in [-0.39, 0.29) is 0 Å². The Hall–Kier alpha value is -1.20. The average molecular weight is 295 g/mol. The van der Waals surface area contributed by atoms with E-state index in [4.69, 9.17) is 0 Å². The number of carbonyl (C=O) groups is 1. The van der Waals surface area contributed by atoms with E-state index in [9.17, 15) is 4.79 Å². The molecule has 2 aromatic rings. The number of rotatable bonds is 3. The van der Waals surface area contributed by atoms with Crippen molar-refractivity contribution >= 4 is 34.0 Å². The monoisotopic (exact) mass is 294 g/mol. The summed E-state index contributed by atoms with van der Waals surface area (Å²) in [6, 6.07) is 7.37. The van der Waals surface area contributed by atoms with Crippen LogP contribution in [0.3, 0.4) is 0 Å². The van der Waals surface area contributed by atoms with E-state index < -0.39 is 0 Å². The van der Waals surface area contributed by atoms with Crippen molar-refractivity contribution in [3.05, 3.63) is 46.7 Å². The minimum atomic E-state index is 0.577. The highest BCUT2D eigenvalue weighted by atomic mass is 79.9. The van der Waals surface area contributed by atoms with Crippen molar-refractivity contribution in [1.29, 1.82) is 0 Å². The highest BCUT2D eigenvalue weighted by Crippen LogP contribution is 2.24. The highest BCUT2D eigenvalue weighted by molar-refractivity contribution is 9.10. The standard InChI is InChI=1S/C11H7BrN2OS/c12-9-2-4-11(14-6-9)16-10-3-1-8(7-15)5-13-10/h1-7H. The lowest BCUT2D eigenvalue weighted by atomic mass is 10.3. The van der Waals surface area contributed by atoms with E-state index in [1.807, 2.05) is 12.1 Å². The number of halogens is 1. The molecule has 2 heterocycles. The molecule has 0 spiro atoms. The summed E-state index contributed by atoms with van der Waals surface area (Å²) in [6.07, 6.45) is 4.07. The molecular formula is C11H7BrN2OS. The summed E-state index contributed by atoms with van der Waals surface area (Å²) in [5.74, 6) is 0. The van der Waals surface area contributed by atoms with Crippen molar-refractivity contribution in [2.75, 3.05) is 0 Å². The van der Waals surface area contributed by atoms with Gasteiger partial charge in [-0.05, 0) is 40.2 Å². The van der Waals surface area contributed by atoms with Crippen LogP contribution in [0.1, 0.15) is 10.4 Å². The summed E-state index contributed by atoms with van der Waals surface area (Å²) in [5.41, 5.74) is 0.577. The van der Waals surface area contributed by atoms with Crippen LogP contribution in [-0.4, -0.2) is 16.3 Å². The molecule has 5 heteroatoms. The molecule has 0 aliphatic heterocycles. The molecule has 0 unspecified atom stereocenters. The van der Waals surface area contributed by atoms with Crippen LogP contribution in [0.2, 0.25) is 0 Å². The van der Waals surface area contributed by atoms with Gasteiger partial charge in [0, 0.05) is 22.4 Å². The number of aldehydes is 1. The zero-order chi connectivity index (χ0) is 11.4. The number of pyridine rings is 2. The molecule has 0 radical (unpaired) electrons. The first kappa shape index (κ1) is 11.3. The number of aromatic nitrogens is 2. The van der Waals surface area contributed by atoms with Crippen molar-refractivity contribution < 1.29 is 4.79 Å². The van der Waals surface area contributed by atoms with Crippen LogP contribution in [0, 0.1) is 0 Å². The van der Waals surface area contributed by atoms with Crippen molar-refractivity contribution in [3.8, 4) is 0 Å². The average Bonchev–Trinajstić information content (AvgIpc) is 2.33. The molecule has 0 saturated carbocycles. The molecule has 2 aromatic heterocycles. The molecule has 0 bridgehead atoms. The fourth-order valence-corrected chi connectivity index (χ4v) is 1.98. The third-order valence-corrected chi connectivity index (χ3v) is 3.18. The molecular weight excluding hydrogens is 288 g/mol. The summed E-state index contributed by atoms with van der Waals surface area (Å²) in [4.78, 5) is 18.8. The van der Waals surface area contributed by atoms with Gasteiger partial charge < -0.3 is 0 Å². The maximum absolute atomic E-state index is 10.4. The van der Waals surface area contributed by atoms with E-state index in [2.05, 4.69) is 25.9 Å². The maximum atomic E-state index is 10.4. The molecule has 0 aliphatic carbocycles. The highest BCUT2D eigenvalue weighted by Gasteiger charge is 2.00. The van der Waals surface area contributed by atoms with E-state index >= 15 is 0 Å². The molecule has 0 aliphatic rings. The predicted molar refractivity (Wildman–Crippen MR) is 65.7 cm³/mol. The van der Waals surface area contributed by atoms with E-state index in [1.165, 1.54) is 11.8 Å². The molecule has 0 amide bonds. The van der Waals surface area contributed by atoms with Gasteiger partial charge in [0.1, 0.15) is 10.1 Å². The van der Waals surface area contributed by atoms with Gasteiger partial charge >= 0.3 is 0 Å². The Labute approximate surface area is 105 Å². The molecule has 0 fully saturated rings. The van der Waals surface area contributed by atoms with Crippen molar-refractivity contribution in [2.45, 2.75) is 10.1 Å². The van der Waals surface area contributed by atoms with Gasteiger partial charge in [0.25, 0.3) is 0 Å². The van der Waals surface area contributed by atoms with Gasteiger partial charge in [0.15, 0.2) is 6.29 Å². The first-order valence-electron chi connectivity index (χ1n) is 4.48. The summed E-state index contributed by atoms with van der Waals surface area (Å²) >= 11 is 4.78. The second-order valence-electron chi connectivity index (χ2n) is 2.96. The normalized spacial score (nSPS) is 10.1. The van der Waals surface area contributed by atoms with Crippen molar-refractivity contribution in [2.24, 2.45) is 0 Å². The van der Waals surface area contributed by atoms with Gasteiger partial charge in [-0.1, -0.05) is 11.8 Å². The van der Waals surface area contributed by atoms with Crippen LogP contribution in [0.25, 0.3) is 0 Å². The van der Waals surface area contributed by atoms with E-state index in [0.717, 1.165) is 20.8 Å². The smallest absolute Gasteiger partial charge is 0.151 e. The van der Waals surface area contributed by atoms with Crippen LogP contribution in [-0.2, 0) is 0 Å². The summed E-state index contributed by atoms with van der Waals surface area (Å²) < 4.78 is 0.945. The molecule has 0 aromatic carbocycles. The lowest BCUT2D eigenvalue weighted by Crippen LogP contribution is -1.85. The molecule has 0 saturated heterocycles. The van der Waals surface area contributed by atoms with Crippen LogP contribution in [0.15, 0.2) is 51.2 Å². The molecule has 3 nitrogen and oxygen atoms in total. The van der Waals surface area contributed by atoms with Gasteiger partial charge in [-0.3, -0.25) is 4.79 Å². The first-order chi connectivity index (χ1) is 7.78. The number of carbonyl (C=O) groups excluding carboxylic acids is 1. The fraction of sp³-hybridized carbons (Fsp3) is 0. The predicted octanol–water partition coefficient (Wildman–Crippen LogP) is 3.20. The Bertz CT molecular complexity index is 484. The van der Waals surface area contributed by atoms with Crippen LogP contribution in [0.4, 0.5) is 0 Å². The Morgan fingerprint density at radius 2 is 1.75 bits per heavy atom. The molecule has 80 valence electrons. The van der Waals surface area contributed by atoms with E-state index in [1.54, 1.807) is 24.5 Å². The second-order valence-corrected chi connectivity index (χ2v) is 4.92. The summed E-state index contributed by atoms with van der Waals surface area (Å²) in [6.45, 7) is 0. The quantitative estimate of drug-likeness (QED) is 0.816. The van der Waals surface area contributed by atoms with Gasteiger partial charge in [-0.15, -0.1) is 0 Å².